The molecule has 3 saturated carbocycles. The number of amides is 1. The van der Waals surface area contributed by atoms with E-state index in [1.807, 2.05) is 0 Å². The van der Waals surface area contributed by atoms with E-state index in [9.17, 15) is 4.79 Å². The smallest absolute Gasteiger partial charge is 0.224 e. The van der Waals surface area contributed by atoms with Crippen molar-refractivity contribution in [3.63, 3.8) is 0 Å². The summed E-state index contributed by atoms with van der Waals surface area (Å²) in [5.41, 5.74) is 5.51. The molecule has 1 amide bonds. The number of hydrogen-bond donors (Lipinski definition) is 1. The van der Waals surface area contributed by atoms with Gasteiger partial charge in [0.25, 0.3) is 0 Å². The molecule has 2 N–H and O–H groups in total. The van der Waals surface area contributed by atoms with E-state index in [0.29, 0.717) is 5.92 Å². The van der Waals surface area contributed by atoms with Crippen LogP contribution in [0.1, 0.15) is 40.0 Å². The third-order valence-electron chi connectivity index (χ3n) is 4.91. The lowest BCUT2D eigenvalue weighted by molar-refractivity contribution is -0.192. The zero-order valence-electron chi connectivity index (χ0n) is 8.76. The Bertz CT molecular complexity index is 255. The molecular formula is C11H19NO. The zero-order valence-corrected chi connectivity index (χ0v) is 8.76. The van der Waals surface area contributed by atoms with E-state index in [1.165, 1.54) is 6.42 Å². The molecule has 0 radical (unpaired) electrons. The third kappa shape index (κ3) is 0.818. The van der Waals surface area contributed by atoms with Gasteiger partial charge in [-0.1, -0.05) is 20.8 Å². The van der Waals surface area contributed by atoms with E-state index in [2.05, 4.69) is 20.8 Å². The van der Waals surface area contributed by atoms with Crippen LogP contribution in [-0.2, 0) is 4.79 Å². The molecule has 0 aliphatic heterocycles. The number of nitrogens with two attached hydrogens (primary N) is 1. The van der Waals surface area contributed by atoms with E-state index >= 15 is 0 Å². The monoisotopic (exact) mass is 181 g/mol. The van der Waals surface area contributed by atoms with Gasteiger partial charge in [-0.15, -0.1) is 0 Å². The fourth-order valence-corrected chi connectivity index (χ4v) is 3.67. The van der Waals surface area contributed by atoms with Crippen LogP contribution < -0.4 is 5.73 Å². The molecule has 3 rings (SSSR count). The van der Waals surface area contributed by atoms with Crippen molar-refractivity contribution < 1.29 is 4.79 Å². The highest BCUT2D eigenvalue weighted by Gasteiger charge is 2.66. The van der Waals surface area contributed by atoms with Crippen LogP contribution in [0.15, 0.2) is 0 Å². The molecule has 0 unspecified atom stereocenters. The standard InChI is InChI=1S/C11H19NO/c1-7-4-5-11(9(12)13)6-8(7)10(11,2)3/h7-8H,4-6H2,1-3H3,(H2,12,13)/t7-,8-,11-/m0/s1. The first-order valence-corrected chi connectivity index (χ1v) is 5.22. The topological polar surface area (TPSA) is 43.1 Å². The molecule has 13 heavy (non-hydrogen) atoms. The second-order valence-corrected chi connectivity index (χ2v) is 5.49. The van der Waals surface area contributed by atoms with Crippen LogP contribution in [0.2, 0.25) is 0 Å². The Hall–Kier alpha value is -0.530. The summed E-state index contributed by atoms with van der Waals surface area (Å²) in [5.74, 6) is 1.42. The minimum absolute atomic E-state index is 0.0688. The van der Waals surface area contributed by atoms with Gasteiger partial charge in [-0.3, -0.25) is 4.79 Å². The molecule has 0 aromatic rings. The van der Waals surface area contributed by atoms with Gasteiger partial charge in [0.15, 0.2) is 0 Å². The predicted octanol–water partition coefficient (Wildman–Crippen LogP) is 1.93. The van der Waals surface area contributed by atoms with Gasteiger partial charge in [-0.25, -0.2) is 0 Å². The Labute approximate surface area is 79.9 Å². The summed E-state index contributed by atoms with van der Waals surface area (Å²) in [6.07, 6.45) is 3.22. The summed E-state index contributed by atoms with van der Waals surface area (Å²) in [5, 5.41) is 0. The number of carbonyl (C=O) groups is 1. The fraction of sp³-hybridized carbons (Fsp3) is 0.909. The maximum absolute atomic E-state index is 11.5. The highest BCUT2D eigenvalue weighted by molar-refractivity contribution is 5.83. The number of rotatable bonds is 1. The molecule has 74 valence electrons. The van der Waals surface area contributed by atoms with Gasteiger partial charge in [-0.2, -0.15) is 0 Å². The fourth-order valence-electron chi connectivity index (χ4n) is 3.67. The Morgan fingerprint density at radius 1 is 1.46 bits per heavy atom. The van der Waals surface area contributed by atoms with Crippen molar-refractivity contribution in [2.24, 2.45) is 28.4 Å². The van der Waals surface area contributed by atoms with E-state index in [4.69, 9.17) is 5.73 Å². The molecule has 3 atom stereocenters. The normalized spacial score (nSPS) is 46.7. The second-order valence-electron chi connectivity index (χ2n) is 5.49. The molecule has 0 aromatic carbocycles. The maximum Gasteiger partial charge on any atom is 0.224 e. The molecule has 0 spiro atoms. The molecule has 0 saturated heterocycles. The van der Waals surface area contributed by atoms with Gasteiger partial charge in [0.2, 0.25) is 5.91 Å². The van der Waals surface area contributed by atoms with Crippen molar-refractivity contribution >= 4 is 5.91 Å². The summed E-state index contributed by atoms with van der Waals surface area (Å²) in [6, 6.07) is 0. The maximum atomic E-state index is 11.5. The summed E-state index contributed by atoms with van der Waals surface area (Å²) in [4.78, 5) is 11.5. The van der Waals surface area contributed by atoms with Crippen molar-refractivity contribution in [1.29, 1.82) is 0 Å². The summed E-state index contributed by atoms with van der Waals surface area (Å²) in [7, 11) is 0. The van der Waals surface area contributed by atoms with Crippen LogP contribution in [0.3, 0.4) is 0 Å². The zero-order chi connectivity index (χ0) is 9.85. The van der Waals surface area contributed by atoms with Crippen LogP contribution in [0.25, 0.3) is 0 Å². The number of carbonyl (C=O) groups excluding carboxylic acids is 1. The SMILES string of the molecule is C[C@H]1CC[C@@]2(C(N)=O)C[C@@H]1C2(C)C. The van der Waals surface area contributed by atoms with Crippen LogP contribution in [0.4, 0.5) is 0 Å². The third-order valence-corrected chi connectivity index (χ3v) is 4.91. The summed E-state index contributed by atoms with van der Waals surface area (Å²) in [6.45, 7) is 6.72. The molecular weight excluding hydrogens is 162 g/mol. The Balaban J connectivity index is 2.32. The highest BCUT2D eigenvalue weighted by Crippen LogP contribution is 2.69. The van der Waals surface area contributed by atoms with Crippen LogP contribution in [0.5, 0.6) is 0 Å². The van der Waals surface area contributed by atoms with Gasteiger partial charge in [0, 0.05) is 0 Å². The second kappa shape index (κ2) is 2.28. The van der Waals surface area contributed by atoms with Gasteiger partial charge in [0.1, 0.15) is 0 Å². The number of primary amides is 1. The first kappa shape index (κ1) is 9.04. The minimum atomic E-state index is -0.163. The molecule has 2 bridgehead atoms. The van der Waals surface area contributed by atoms with Crippen molar-refractivity contribution in [1.82, 2.24) is 0 Å². The lowest BCUT2D eigenvalue weighted by Crippen LogP contribution is -2.65. The predicted molar refractivity (Wildman–Crippen MR) is 51.9 cm³/mol. The first-order valence-electron chi connectivity index (χ1n) is 5.22. The van der Waals surface area contributed by atoms with Gasteiger partial charge < -0.3 is 5.73 Å². The van der Waals surface area contributed by atoms with Crippen molar-refractivity contribution in [2.75, 3.05) is 0 Å². The van der Waals surface area contributed by atoms with E-state index in [0.717, 1.165) is 18.8 Å². The molecule has 3 aliphatic rings. The minimum Gasteiger partial charge on any atom is -0.369 e. The van der Waals surface area contributed by atoms with E-state index < -0.39 is 0 Å². The van der Waals surface area contributed by atoms with Gasteiger partial charge in [0.05, 0.1) is 5.41 Å². The van der Waals surface area contributed by atoms with Crippen molar-refractivity contribution in [3.8, 4) is 0 Å². The molecule has 3 aliphatic carbocycles. The number of fused-ring (bicyclic) bond motifs is 2. The van der Waals surface area contributed by atoms with Crippen LogP contribution in [-0.4, -0.2) is 5.91 Å². The average Bonchev–Trinajstić information content (AvgIpc) is 2.03. The Morgan fingerprint density at radius 2 is 2.08 bits per heavy atom. The lowest BCUT2D eigenvalue weighted by Gasteiger charge is -2.66. The largest absolute Gasteiger partial charge is 0.369 e. The van der Waals surface area contributed by atoms with Crippen molar-refractivity contribution in [3.05, 3.63) is 0 Å². The molecule has 2 nitrogen and oxygen atoms in total. The lowest BCUT2D eigenvalue weighted by atomic mass is 9.37. The average molecular weight is 181 g/mol. The highest BCUT2D eigenvalue weighted by atomic mass is 16.1. The molecule has 3 fully saturated rings. The van der Waals surface area contributed by atoms with Gasteiger partial charge >= 0.3 is 0 Å². The van der Waals surface area contributed by atoms with E-state index in [1.54, 1.807) is 0 Å². The van der Waals surface area contributed by atoms with Crippen molar-refractivity contribution in [2.45, 2.75) is 40.0 Å². The quantitative estimate of drug-likeness (QED) is 0.660. The first-order chi connectivity index (χ1) is 5.92. The van der Waals surface area contributed by atoms with E-state index in [-0.39, 0.29) is 16.7 Å². The van der Waals surface area contributed by atoms with Crippen LogP contribution >= 0.6 is 0 Å². The Morgan fingerprint density at radius 3 is 2.46 bits per heavy atom. The van der Waals surface area contributed by atoms with Gasteiger partial charge in [-0.05, 0) is 36.5 Å². The molecule has 0 aromatic heterocycles. The Kier molecular flexibility index (Phi) is 1.59. The molecule has 2 heteroatoms. The molecule has 0 heterocycles. The summed E-state index contributed by atoms with van der Waals surface area (Å²) < 4.78 is 0. The number of hydrogen-bond acceptors (Lipinski definition) is 1. The van der Waals surface area contributed by atoms with Crippen LogP contribution in [0, 0.1) is 22.7 Å². The summed E-state index contributed by atoms with van der Waals surface area (Å²) >= 11 is 0.